The lowest BCUT2D eigenvalue weighted by Gasteiger charge is -2.24. The smallest absolute Gasteiger partial charge is 0.229 e. The zero-order chi connectivity index (χ0) is 16.6. The van der Waals surface area contributed by atoms with Crippen molar-refractivity contribution in [2.75, 3.05) is 41.9 Å². The minimum Gasteiger partial charge on any atom is -0.395 e. The van der Waals surface area contributed by atoms with Crippen molar-refractivity contribution in [2.24, 2.45) is 7.05 Å². The standard InChI is InChI=1S/C13H20N6O3S/c1-18(9-3-6-23(21,22)8-9)13-16-11(14-4-5-20)10-7-15-19(2)12(10)17-13/h7,9,20H,3-6,8H2,1-2H3,(H,14,16,17). The third-order valence-corrected chi connectivity index (χ3v) is 5.81. The highest BCUT2D eigenvalue weighted by molar-refractivity contribution is 7.91. The monoisotopic (exact) mass is 340 g/mol. The summed E-state index contributed by atoms with van der Waals surface area (Å²) < 4.78 is 25.0. The molecule has 3 rings (SSSR count). The van der Waals surface area contributed by atoms with Crippen LogP contribution in [0.2, 0.25) is 0 Å². The van der Waals surface area contributed by atoms with Crippen LogP contribution in [-0.2, 0) is 16.9 Å². The van der Waals surface area contributed by atoms with Crippen LogP contribution in [0, 0.1) is 0 Å². The molecule has 1 atom stereocenters. The first-order chi connectivity index (χ1) is 10.9. The van der Waals surface area contributed by atoms with Gasteiger partial charge in [0.05, 0.1) is 29.7 Å². The van der Waals surface area contributed by atoms with Crippen LogP contribution in [0.15, 0.2) is 6.20 Å². The Morgan fingerprint density at radius 1 is 1.48 bits per heavy atom. The van der Waals surface area contributed by atoms with Gasteiger partial charge in [-0.1, -0.05) is 0 Å². The molecule has 23 heavy (non-hydrogen) atoms. The number of sulfone groups is 1. The molecule has 0 aliphatic carbocycles. The summed E-state index contributed by atoms with van der Waals surface area (Å²) >= 11 is 0. The number of aromatic nitrogens is 4. The highest BCUT2D eigenvalue weighted by Gasteiger charge is 2.32. The van der Waals surface area contributed by atoms with Crippen molar-refractivity contribution < 1.29 is 13.5 Å². The summed E-state index contributed by atoms with van der Waals surface area (Å²) in [5.74, 6) is 1.35. The summed E-state index contributed by atoms with van der Waals surface area (Å²) in [5, 5.41) is 17.0. The topological polar surface area (TPSA) is 113 Å². The van der Waals surface area contributed by atoms with Crippen molar-refractivity contribution in [3.8, 4) is 0 Å². The van der Waals surface area contributed by atoms with Crippen molar-refractivity contribution in [2.45, 2.75) is 12.5 Å². The van der Waals surface area contributed by atoms with Gasteiger partial charge < -0.3 is 15.3 Å². The summed E-state index contributed by atoms with van der Waals surface area (Å²) in [5.41, 5.74) is 0.656. The Kier molecular flexibility index (Phi) is 4.11. The number of nitrogens with one attached hydrogen (secondary N) is 1. The molecule has 1 aliphatic heterocycles. The average Bonchev–Trinajstić information content (AvgIpc) is 3.07. The van der Waals surface area contributed by atoms with Crippen LogP contribution in [0.4, 0.5) is 11.8 Å². The Balaban J connectivity index is 1.98. The van der Waals surface area contributed by atoms with Crippen LogP contribution < -0.4 is 10.2 Å². The van der Waals surface area contributed by atoms with E-state index in [2.05, 4.69) is 20.4 Å². The first-order valence-electron chi connectivity index (χ1n) is 7.39. The Labute approximate surface area is 134 Å². The fourth-order valence-corrected chi connectivity index (χ4v) is 4.50. The van der Waals surface area contributed by atoms with E-state index in [1.807, 2.05) is 0 Å². The van der Waals surface area contributed by atoms with Crippen LogP contribution in [0.3, 0.4) is 0 Å². The summed E-state index contributed by atoms with van der Waals surface area (Å²) in [6.07, 6.45) is 2.24. The first-order valence-corrected chi connectivity index (χ1v) is 9.21. The fourth-order valence-electron chi connectivity index (χ4n) is 2.72. The maximum atomic E-state index is 11.7. The summed E-state index contributed by atoms with van der Waals surface area (Å²) in [4.78, 5) is 10.8. The Hall–Kier alpha value is -1.94. The van der Waals surface area contributed by atoms with Gasteiger partial charge in [0.2, 0.25) is 5.95 Å². The molecule has 1 unspecified atom stereocenters. The van der Waals surface area contributed by atoms with Crippen LogP contribution in [0.25, 0.3) is 11.0 Å². The molecule has 0 amide bonds. The van der Waals surface area contributed by atoms with Gasteiger partial charge >= 0.3 is 0 Å². The molecule has 2 aromatic rings. The molecule has 0 radical (unpaired) electrons. The maximum absolute atomic E-state index is 11.7. The summed E-state index contributed by atoms with van der Waals surface area (Å²) in [7, 11) is 0.615. The van der Waals surface area contributed by atoms with E-state index in [0.717, 1.165) is 5.39 Å². The van der Waals surface area contributed by atoms with Crippen LogP contribution in [-0.4, -0.2) is 71.0 Å². The third kappa shape index (κ3) is 3.08. The molecule has 0 bridgehead atoms. The minimum atomic E-state index is -2.98. The van der Waals surface area contributed by atoms with E-state index in [1.165, 1.54) is 0 Å². The molecule has 9 nitrogen and oxygen atoms in total. The van der Waals surface area contributed by atoms with E-state index in [4.69, 9.17) is 5.11 Å². The van der Waals surface area contributed by atoms with E-state index >= 15 is 0 Å². The van der Waals surface area contributed by atoms with E-state index in [9.17, 15) is 8.42 Å². The lowest BCUT2D eigenvalue weighted by molar-refractivity contribution is 0.311. The molecule has 10 heteroatoms. The second kappa shape index (κ2) is 5.93. The van der Waals surface area contributed by atoms with E-state index < -0.39 is 9.84 Å². The zero-order valence-corrected chi connectivity index (χ0v) is 13.9. The molecular weight excluding hydrogens is 320 g/mol. The zero-order valence-electron chi connectivity index (χ0n) is 13.1. The Bertz CT molecular complexity index is 818. The SMILES string of the molecule is CN(c1nc(NCCO)c2cnn(C)c2n1)C1CCS(=O)(=O)C1. The molecule has 3 heterocycles. The molecule has 2 N–H and O–H groups in total. The molecule has 1 aliphatic rings. The maximum Gasteiger partial charge on any atom is 0.229 e. The van der Waals surface area contributed by atoms with Crippen molar-refractivity contribution in [1.82, 2.24) is 19.7 Å². The molecular formula is C13H20N6O3S. The van der Waals surface area contributed by atoms with Crippen molar-refractivity contribution in [3.63, 3.8) is 0 Å². The number of aliphatic hydroxyl groups excluding tert-OH is 1. The summed E-state index contributed by atoms with van der Waals surface area (Å²) in [6, 6.07) is -0.128. The van der Waals surface area contributed by atoms with Crippen LogP contribution >= 0.6 is 0 Å². The normalized spacial score (nSPS) is 20.0. The number of aryl methyl sites for hydroxylation is 1. The quantitative estimate of drug-likeness (QED) is 0.741. The number of anilines is 2. The minimum absolute atomic E-state index is 0.0161. The lowest BCUT2D eigenvalue weighted by Crippen LogP contribution is -2.34. The fraction of sp³-hybridized carbons (Fsp3) is 0.615. The van der Waals surface area contributed by atoms with Gasteiger partial charge in [0.25, 0.3) is 0 Å². The number of aliphatic hydroxyl groups is 1. The average molecular weight is 340 g/mol. The van der Waals surface area contributed by atoms with Gasteiger partial charge in [-0.05, 0) is 6.42 Å². The van der Waals surface area contributed by atoms with E-state index in [-0.39, 0.29) is 24.2 Å². The molecule has 0 spiro atoms. The van der Waals surface area contributed by atoms with Crippen molar-refractivity contribution in [1.29, 1.82) is 0 Å². The van der Waals surface area contributed by atoms with Crippen molar-refractivity contribution in [3.05, 3.63) is 6.20 Å². The predicted octanol–water partition coefficient (Wildman–Crippen LogP) is -0.609. The second-order valence-corrected chi connectivity index (χ2v) is 7.92. The number of hydrogen-bond donors (Lipinski definition) is 2. The van der Waals surface area contributed by atoms with Gasteiger partial charge in [-0.15, -0.1) is 0 Å². The molecule has 0 saturated carbocycles. The molecule has 0 aromatic carbocycles. The molecule has 1 fully saturated rings. The van der Waals surface area contributed by atoms with Gasteiger partial charge in [0.1, 0.15) is 5.82 Å². The molecule has 1 saturated heterocycles. The molecule has 126 valence electrons. The number of hydrogen-bond acceptors (Lipinski definition) is 8. The van der Waals surface area contributed by atoms with Crippen LogP contribution in [0.1, 0.15) is 6.42 Å². The summed E-state index contributed by atoms with van der Waals surface area (Å²) in [6.45, 7) is 0.347. The third-order valence-electron chi connectivity index (χ3n) is 4.06. The van der Waals surface area contributed by atoms with Gasteiger partial charge in [-0.3, -0.25) is 4.68 Å². The Morgan fingerprint density at radius 3 is 2.91 bits per heavy atom. The Morgan fingerprint density at radius 2 is 2.26 bits per heavy atom. The van der Waals surface area contributed by atoms with Gasteiger partial charge in [-0.25, -0.2) is 8.42 Å². The molecule has 2 aromatic heterocycles. The predicted molar refractivity (Wildman–Crippen MR) is 87.3 cm³/mol. The number of fused-ring (bicyclic) bond motifs is 1. The number of rotatable bonds is 5. The van der Waals surface area contributed by atoms with Gasteiger partial charge in [0, 0.05) is 26.7 Å². The second-order valence-electron chi connectivity index (χ2n) is 5.70. The number of nitrogens with zero attached hydrogens (tertiary/aromatic N) is 5. The highest BCUT2D eigenvalue weighted by Crippen LogP contribution is 2.25. The first kappa shape index (κ1) is 15.9. The highest BCUT2D eigenvalue weighted by atomic mass is 32.2. The van der Waals surface area contributed by atoms with Crippen LogP contribution in [0.5, 0.6) is 0 Å². The largest absolute Gasteiger partial charge is 0.395 e. The lowest BCUT2D eigenvalue weighted by atomic mass is 10.2. The van der Waals surface area contributed by atoms with Crippen molar-refractivity contribution >= 4 is 32.6 Å². The van der Waals surface area contributed by atoms with E-state index in [1.54, 1.807) is 29.9 Å². The van der Waals surface area contributed by atoms with Gasteiger partial charge in [-0.2, -0.15) is 15.1 Å². The van der Waals surface area contributed by atoms with E-state index in [0.29, 0.717) is 30.4 Å². The van der Waals surface area contributed by atoms with Gasteiger partial charge in [0.15, 0.2) is 15.5 Å².